The minimum Gasteiger partial charge on any atom is -0.462 e. The topological polar surface area (TPSA) is 97.5 Å². The number of likely N-dealkylation sites (N-methyl/N-ethyl adjacent to an activating group) is 1. The lowest BCUT2D eigenvalue weighted by Gasteiger charge is -2.34. The molecule has 0 saturated carbocycles. The molecule has 2 aliphatic heterocycles. The SMILES string of the molecule is CC(O)C(=O)N1CCN(c2cc(N3CCN(C)CC3)c3occc3c2)S1(=O)=O. The smallest absolute Gasteiger partial charge is 0.328 e. The van der Waals surface area contributed by atoms with Crippen molar-refractivity contribution in [2.24, 2.45) is 0 Å². The number of hydrogen-bond acceptors (Lipinski definition) is 7. The number of hydrogen-bond donors (Lipinski definition) is 1. The van der Waals surface area contributed by atoms with Crippen molar-refractivity contribution in [3.05, 3.63) is 24.5 Å². The van der Waals surface area contributed by atoms with E-state index < -0.39 is 22.2 Å². The summed E-state index contributed by atoms with van der Waals surface area (Å²) in [5.41, 5.74) is 2.06. The van der Waals surface area contributed by atoms with E-state index in [9.17, 15) is 18.3 Å². The van der Waals surface area contributed by atoms with Gasteiger partial charge in [0.05, 0.1) is 30.7 Å². The van der Waals surface area contributed by atoms with Crippen LogP contribution in [0.2, 0.25) is 0 Å². The van der Waals surface area contributed by atoms with E-state index in [4.69, 9.17) is 4.42 Å². The summed E-state index contributed by atoms with van der Waals surface area (Å²) >= 11 is 0. The zero-order chi connectivity index (χ0) is 20.1. The Morgan fingerprint density at radius 2 is 1.86 bits per heavy atom. The van der Waals surface area contributed by atoms with Crippen molar-refractivity contribution in [3.63, 3.8) is 0 Å². The molecule has 28 heavy (non-hydrogen) atoms. The zero-order valence-corrected chi connectivity index (χ0v) is 16.7. The number of benzene rings is 1. The maximum Gasteiger partial charge on any atom is 0.328 e. The van der Waals surface area contributed by atoms with Crippen molar-refractivity contribution in [2.75, 3.05) is 55.5 Å². The molecule has 0 aliphatic carbocycles. The van der Waals surface area contributed by atoms with E-state index in [1.807, 2.05) is 6.07 Å². The van der Waals surface area contributed by atoms with Gasteiger partial charge in [-0.1, -0.05) is 0 Å². The molecule has 152 valence electrons. The fraction of sp³-hybridized carbons (Fsp3) is 0.500. The molecule has 1 aromatic heterocycles. The van der Waals surface area contributed by atoms with Crippen LogP contribution in [0.25, 0.3) is 11.0 Å². The van der Waals surface area contributed by atoms with Gasteiger partial charge in [0.1, 0.15) is 6.10 Å². The third-order valence-electron chi connectivity index (χ3n) is 5.31. The van der Waals surface area contributed by atoms with E-state index in [1.54, 1.807) is 18.4 Å². The summed E-state index contributed by atoms with van der Waals surface area (Å²) in [6, 6.07) is 5.37. The molecule has 1 N–H and O–H groups in total. The second kappa shape index (κ2) is 6.94. The number of carbonyl (C=O) groups is 1. The second-order valence-electron chi connectivity index (χ2n) is 7.26. The van der Waals surface area contributed by atoms with Crippen molar-refractivity contribution in [1.29, 1.82) is 0 Å². The number of amides is 1. The van der Waals surface area contributed by atoms with Gasteiger partial charge in [-0.3, -0.25) is 9.10 Å². The van der Waals surface area contributed by atoms with Gasteiger partial charge in [0.15, 0.2) is 5.58 Å². The Labute approximate surface area is 163 Å². The van der Waals surface area contributed by atoms with E-state index in [-0.39, 0.29) is 13.1 Å². The van der Waals surface area contributed by atoms with Crippen LogP contribution in [0.4, 0.5) is 11.4 Å². The van der Waals surface area contributed by atoms with Gasteiger partial charge < -0.3 is 19.3 Å². The molecule has 2 aliphatic rings. The number of aliphatic hydroxyl groups excluding tert-OH is 1. The molecule has 1 aromatic carbocycles. The van der Waals surface area contributed by atoms with E-state index in [2.05, 4.69) is 16.8 Å². The Hall–Kier alpha value is -2.30. The summed E-state index contributed by atoms with van der Waals surface area (Å²) in [4.78, 5) is 16.5. The minimum atomic E-state index is -4.03. The van der Waals surface area contributed by atoms with Crippen LogP contribution in [0, 0.1) is 0 Å². The first-order valence-electron chi connectivity index (χ1n) is 9.26. The number of piperazine rings is 1. The fourth-order valence-corrected chi connectivity index (χ4v) is 5.31. The molecule has 3 heterocycles. The van der Waals surface area contributed by atoms with Gasteiger partial charge in [0.2, 0.25) is 0 Å². The number of fused-ring (bicyclic) bond motifs is 1. The van der Waals surface area contributed by atoms with Gasteiger partial charge in [-0.05, 0) is 32.2 Å². The zero-order valence-electron chi connectivity index (χ0n) is 15.9. The van der Waals surface area contributed by atoms with E-state index >= 15 is 0 Å². The van der Waals surface area contributed by atoms with Gasteiger partial charge in [-0.25, -0.2) is 4.31 Å². The normalized spacial score (nSPS) is 21.5. The maximum absolute atomic E-state index is 12.9. The third-order valence-corrected chi connectivity index (χ3v) is 7.18. The number of nitrogens with zero attached hydrogens (tertiary/aromatic N) is 4. The standard InChI is InChI=1S/C18H24N4O5S/c1-13(23)18(24)22-9-8-21(28(22,25)26)15-11-14-3-10-27-17(14)16(12-15)20-6-4-19(2)5-7-20/h3,10-13,23H,4-9H2,1-2H3. The molecule has 2 fully saturated rings. The number of furan rings is 1. The Kier molecular flexibility index (Phi) is 4.72. The molecule has 1 amide bonds. The van der Waals surface area contributed by atoms with Crippen LogP contribution >= 0.6 is 0 Å². The molecule has 2 aromatic rings. The fourth-order valence-electron chi connectivity index (χ4n) is 3.70. The number of rotatable bonds is 3. The molecule has 2 saturated heterocycles. The number of aliphatic hydroxyl groups is 1. The van der Waals surface area contributed by atoms with Crippen LogP contribution in [-0.2, 0) is 15.0 Å². The largest absolute Gasteiger partial charge is 0.462 e. The highest BCUT2D eigenvalue weighted by atomic mass is 32.2. The maximum atomic E-state index is 12.9. The van der Waals surface area contributed by atoms with Gasteiger partial charge in [0.25, 0.3) is 5.91 Å². The predicted molar refractivity (Wildman–Crippen MR) is 106 cm³/mol. The van der Waals surface area contributed by atoms with Crippen LogP contribution in [0.3, 0.4) is 0 Å². The number of anilines is 2. The highest BCUT2D eigenvalue weighted by molar-refractivity contribution is 7.91. The van der Waals surface area contributed by atoms with E-state index in [0.29, 0.717) is 5.69 Å². The molecule has 1 atom stereocenters. The number of carbonyl (C=O) groups excluding carboxylic acids is 1. The summed E-state index contributed by atoms with van der Waals surface area (Å²) < 4.78 is 33.5. The molecule has 0 radical (unpaired) electrons. The first-order valence-corrected chi connectivity index (χ1v) is 10.7. The van der Waals surface area contributed by atoms with Crippen LogP contribution in [0.1, 0.15) is 6.92 Å². The van der Waals surface area contributed by atoms with Crippen LogP contribution < -0.4 is 9.21 Å². The highest BCUT2D eigenvalue weighted by Gasteiger charge is 2.41. The first kappa shape index (κ1) is 19.0. The Bertz CT molecular complexity index is 995. The van der Waals surface area contributed by atoms with Gasteiger partial charge >= 0.3 is 10.2 Å². The summed E-state index contributed by atoms with van der Waals surface area (Å²) in [7, 11) is -1.96. The summed E-state index contributed by atoms with van der Waals surface area (Å²) in [6.45, 7) is 4.87. The molecule has 1 unspecified atom stereocenters. The van der Waals surface area contributed by atoms with Gasteiger partial charge in [-0.15, -0.1) is 0 Å². The molecular formula is C18H24N4O5S. The van der Waals surface area contributed by atoms with Crippen LogP contribution in [0.15, 0.2) is 28.9 Å². The lowest BCUT2D eigenvalue weighted by molar-refractivity contribution is -0.133. The van der Waals surface area contributed by atoms with Crippen LogP contribution in [0.5, 0.6) is 0 Å². The molecule has 0 bridgehead atoms. The van der Waals surface area contributed by atoms with E-state index in [1.165, 1.54) is 11.2 Å². The van der Waals surface area contributed by atoms with E-state index in [0.717, 1.165) is 47.1 Å². The Balaban J connectivity index is 1.73. The van der Waals surface area contributed by atoms with Crippen molar-refractivity contribution in [1.82, 2.24) is 9.21 Å². The Morgan fingerprint density at radius 3 is 2.54 bits per heavy atom. The highest BCUT2D eigenvalue weighted by Crippen LogP contribution is 2.36. The quantitative estimate of drug-likeness (QED) is 0.788. The van der Waals surface area contributed by atoms with Crippen LogP contribution in [-0.4, -0.2) is 81.1 Å². The molecule has 4 rings (SSSR count). The molecule has 10 heteroatoms. The average molecular weight is 408 g/mol. The predicted octanol–water partition coefficient (Wildman–Crippen LogP) is 0.459. The second-order valence-corrected chi connectivity index (χ2v) is 9.04. The Morgan fingerprint density at radius 1 is 1.14 bits per heavy atom. The monoisotopic (exact) mass is 408 g/mol. The third kappa shape index (κ3) is 3.11. The van der Waals surface area contributed by atoms with Crippen molar-refractivity contribution < 1.29 is 22.7 Å². The summed E-state index contributed by atoms with van der Waals surface area (Å²) in [5, 5.41) is 10.3. The van der Waals surface area contributed by atoms with Crippen molar-refractivity contribution in [3.8, 4) is 0 Å². The average Bonchev–Trinajstić information content (AvgIpc) is 3.24. The lowest BCUT2D eigenvalue weighted by atomic mass is 10.1. The lowest BCUT2D eigenvalue weighted by Crippen LogP contribution is -2.44. The molecule has 0 spiro atoms. The summed E-state index contributed by atoms with van der Waals surface area (Å²) in [5.74, 6) is -0.814. The van der Waals surface area contributed by atoms with Crippen molar-refractivity contribution in [2.45, 2.75) is 13.0 Å². The summed E-state index contributed by atoms with van der Waals surface area (Å²) in [6.07, 6.45) is 0.224. The van der Waals surface area contributed by atoms with Gasteiger partial charge in [0, 0.05) is 31.6 Å². The minimum absolute atomic E-state index is 0.0132. The molecular weight excluding hydrogens is 384 g/mol. The molecule has 9 nitrogen and oxygen atoms in total. The first-order chi connectivity index (χ1) is 13.3. The van der Waals surface area contributed by atoms with Gasteiger partial charge in [-0.2, -0.15) is 8.42 Å². The van der Waals surface area contributed by atoms with Crippen molar-refractivity contribution >= 4 is 38.5 Å².